The van der Waals surface area contributed by atoms with Gasteiger partial charge in [-0.1, -0.05) is 12.1 Å². The molecule has 0 aliphatic carbocycles. The fourth-order valence-corrected chi connectivity index (χ4v) is 1.66. The molecule has 1 N–H and O–H groups in total. The number of ether oxygens (including phenoxy) is 1. The number of aromatic nitrogens is 2. The van der Waals surface area contributed by atoms with Gasteiger partial charge in [-0.05, 0) is 34.7 Å². The maximum atomic E-state index is 5.65. The van der Waals surface area contributed by atoms with E-state index in [1.54, 1.807) is 19.3 Å². The van der Waals surface area contributed by atoms with E-state index in [-0.39, 0.29) is 0 Å². The quantitative estimate of drug-likeness (QED) is 0.881. The van der Waals surface area contributed by atoms with Crippen molar-refractivity contribution in [3.8, 4) is 11.6 Å². The zero-order valence-electron chi connectivity index (χ0n) is 8.64. The monoisotopic (exact) mass is 327 g/mol. The summed E-state index contributed by atoms with van der Waals surface area (Å²) in [5.74, 6) is 1.87. The van der Waals surface area contributed by atoms with Crippen LogP contribution in [0.3, 0.4) is 0 Å². The summed E-state index contributed by atoms with van der Waals surface area (Å²) in [6.45, 7) is 0. The summed E-state index contributed by atoms with van der Waals surface area (Å²) in [5, 5.41) is 2.86. The summed E-state index contributed by atoms with van der Waals surface area (Å²) in [6, 6.07) is 9.51. The largest absolute Gasteiger partial charge is 0.438 e. The molecule has 0 radical (unpaired) electrons. The van der Waals surface area contributed by atoms with Gasteiger partial charge in [-0.3, -0.25) is 0 Å². The van der Waals surface area contributed by atoms with Crippen LogP contribution in [0.25, 0.3) is 0 Å². The first-order valence-electron chi connectivity index (χ1n) is 4.73. The standard InChI is InChI=1S/C11H10IN3O/c1-13-11-14-7-6-10(15-11)16-9-5-3-2-4-8(9)12/h2-7H,1H3,(H,13,14,15). The summed E-state index contributed by atoms with van der Waals surface area (Å²) in [4.78, 5) is 8.20. The highest BCUT2D eigenvalue weighted by molar-refractivity contribution is 14.1. The molecule has 16 heavy (non-hydrogen) atoms. The van der Waals surface area contributed by atoms with Crippen LogP contribution >= 0.6 is 22.6 Å². The van der Waals surface area contributed by atoms with Crippen LogP contribution in [-0.2, 0) is 0 Å². The lowest BCUT2D eigenvalue weighted by molar-refractivity contribution is 0.459. The molecule has 2 aromatic rings. The van der Waals surface area contributed by atoms with Crippen LogP contribution in [0.5, 0.6) is 11.6 Å². The highest BCUT2D eigenvalue weighted by atomic mass is 127. The molecule has 5 heteroatoms. The molecule has 0 unspecified atom stereocenters. The van der Waals surface area contributed by atoms with E-state index in [1.165, 1.54) is 0 Å². The number of para-hydroxylation sites is 1. The topological polar surface area (TPSA) is 47.0 Å². The lowest BCUT2D eigenvalue weighted by Crippen LogP contribution is -1.97. The summed E-state index contributed by atoms with van der Waals surface area (Å²) in [5.41, 5.74) is 0. The normalized spacial score (nSPS) is 9.88. The van der Waals surface area contributed by atoms with E-state index in [2.05, 4.69) is 37.9 Å². The second-order valence-electron chi connectivity index (χ2n) is 3.00. The minimum atomic E-state index is 0.531. The first-order valence-corrected chi connectivity index (χ1v) is 5.80. The predicted octanol–water partition coefficient (Wildman–Crippen LogP) is 2.92. The minimum Gasteiger partial charge on any atom is -0.438 e. The van der Waals surface area contributed by atoms with Crippen molar-refractivity contribution in [2.75, 3.05) is 12.4 Å². The van der Waals surface area contributed by atoms with Crippen molar-refractivity contribution in [3.05, 3.63) is 40.1 Å². The van der Waals surface area contributed by atoms with Gasteiger partial charge in [-0.15, -0.1) is 0 Å². The fourth-order valence-electron chi connectivity index (χ4n) is 1.16. The third-order valence-corrected chi connectivity index (χ3v) is 2.80. The Bertz CT molecular complexity index is 490. The van der Waals surface area contributed by atoms with Crippen molar-refractivity contribution in [2.45, 2.75) is 0 Å². The first-order chi connectivity index (χ1) is 7.79. The molecule has 0 fully saturated rings. The van der Waals surface area contributed by atoms with Crippen molar-refractivity contribution in [1.29, 1.82) is 0 Å². The van der Waals surface area contributed by atoms with Crippen molar-refractivity contribution in [2.24, 2.45) is 0 Å². The molecule has 0 saturated carbocycles. The van der Waals surface area contributed by atoms with Crippen LogP contribution in [-0.4, -0.2) is 17.0 Å². The Morgan fingerprint density at radius 3 is 2.81 bits per heavy atom. The molecule has 0 aliphatic heterocycles. The lowest BCUT2D eigenvalue weighted by atomic mass is 10.3. The number of hydrogen-bond donors (Lipinski definition) is 1. The molecule has 1 aromatic heterocycles. The molecule has 1 aromatic carbocycles. The van der Waals surface area contributed by atoms with Gasteiger partial charge in [-0.25, -0.2) is 4.98 Å². The predicted molar refractivity (Wildman–Crippen MR) is 70.8 cm³/mol. The number of anilines is 1. The summed E-state index contributed by atoms with van der Waals surface area (Å²) < 4.78 is 6.70. The minimum absolute atomic E-state index is 0.531. The van der Waals surface area contributed by atoms with Crippen LogP contribution in [0, 0.1) is 3.57 Å². The van der Waals surface area contributed by atoms with Gasteiger partial charge in [0.25, 0.3) is 0 Å². The van der Waals surface area contributed by atoms with Gasteiger partial charge >= 0.3 is 0 Å². The molecule has 0 saturated heterocycles. The first kappa shape index (κ1) is 11.1. The Hall–Kier alpha value is -1.37. The van der Waals surface area contributed by atoms with Crippen LogP contribution in [0.15, 0.2) is 36.5 Å². The number of benzene rings is 1. The Morgan fingerprint density at radius 2 is 2.06 bits per heavy atom. The average Bonchev–Trinajstić information content (AvgIpc) is 2.32. The summed E-state index contributed by atoms with van der Waals surface area (Å²) in [7, 11) is 1.77. The molecule has 0 atom stereocenters. The third-order valence-electron chi connectivity index (χ3n) is 1.90. The fraction of sp³-hybridized carbons (Fsp3) is 0.0909. The van der Waals surface area contributed by atoms with Gasteiger partial charge in [0.1, 0.15) is 5.75 Å². The Morgan fingerprint density at radius 1 is 1.25 bits per heavy atom. The van der Waals surface area contributed by atoms with Gasteiger partial charge in [0.2, 0.25) is 11.8 Å². The zero-order valence-corrected chi connectivity index (χ0v) is 10.8. The molecule has 2 rings (SSSR count). The van der Waals surface area contributed by atoms with Crippen molar-refractivity contribution in [1.82, 2.24) is 9.97 Å². The van der Waals surface area contributed by atoms with E-state index >= 15 is 0 Å². The molecular weight excluding hydrogens is 317 g/mol. The summed E-state index contributed by atoms with van der Waals surface area (Å²) in [6.07, 6.45) is 1.66. The second-order valence-corrected chi connectivity index (χ2v) is 4.16. The van der Waals surface area contributed by atoms with Crippen molar-refractivity contribution >= 4 is 28.5 Å². The second kappa shape index (κ2) is 5.11. The van der Waals surface area contributed by atoms with E-state index in [0.717, 1.165) is 9.32 Å². The van der Waals surface area contributed by atoms with Crippen molar-refractivity contribution < 1.29 is 4.74 Å². The molecule has 0 aliphatic rings. The van der Waals surface area contributed by atoms with E-state index in [4.69, 9.17) is 4.74 Å². The van der Waals surface area contributed by atoms with Crippen LogP contribution in [0.1, 0.15) is 0 Å². The Labute approximate surface area is 107 Å². The number of halogens is 1. The highest BCUT2D eigenvalue weighted by Gasteiger charge is 2.03. The van der Waals surface area contributed by atoms with E-state index < -0.39 is 0 Å². The van der Waals surface area contributed by atoms with Gasteiger partial charge < -0.3 is 10.1 Å². The van der Waals surface area contributed by atoms with Gasteiger partial charge in [0.05, 0.1) is 3.57 Å². The number of nitrogens with one attached hydrogen (secondary N) is 1. The highest BCUT2D eigenvalue weighted by Crippen LogP contribution is 2.25. The Kier molecular flexibility index (Phi) is 3.55. The molecule has 0 amide bonds. The zero-order chi connectivity index (χ0) is 11.4. The van der Waals surface area contributed by atoms with Gasteiger partial charge in [0, 0.05) is 19.3 Å². The average molecular weight is 327 g/mol. The lowest BCUT2D eigenvalue weighted by Gasteiger charge is -2.06. The maximum absolute atomic E-state index is 5.65. The summed E-state index contributed by atoms with van der Waals surface area (Å²) >= 11 is 2.22. The third kappa shape index (κ3) is 2.60. The molecular formula is C11H10IN3O. The van der Waals surface area contributed by atoms with Gasteiger partial charge in [-0.2, -0.15) is 4.98 Å². The van der Waals surface area contributed by atoms with Crippen LogP contribution < -0.4 is 10.1 Å². The smallest absolute Gasteiger partial charge is 0.225 e. The molecule has 0 spiro atoms. The maximum Gasteiger partial charge on any atom is 0.225 e. The van der Waals surface area contributed by atoms with Gasteiger partial charge in [0.15, 0.2) is 0 Å². The van der Waals surface area contributed by atoms with E-state index in [1.807, 2.05) is 24.3 Å². The number of rotatable bonds is 3. The van der Waals surface area contributed by atoms with Crippen LogP contribution in [0.2, 0.25) is 0 Å². The molecule has 1 heterocycles. The number of nitrogens with zero attached hydrogens (tertiary/aromatic N) is 2. The molecule has 82 valence electrons. The molecule has 4 nitrogen and oxygen atoms in total. The van der Waals surface area contributed by atoms with E-state index in [0.29, 0.717) is 11.8 Å². The SMILES string of the molecule is CNc1nccc(Oc2ccccc2I)n1. The Balaban J connectivity index is 2.24. The van der Waals surface area contributed by atoms with E-state index in [9.17, 15) is 0 Å². The molecule has 0 bridgehead atoms. The number of hydrogen-bond acceptors (Lipinski definition) is 4. The van der Waals surface area contributed by atoms with Crippen LogP contribution in [0.4, 0.5) is 5.95 Å². The van der Waals surface area contributed by atoms with Crippen molar-refractivity contribution in [3.63, 3.8) is 0 Å².